The van der Waals surface area contributed by atoms with Crippen LogP contribution in [0.3, 0.4) is 0 Å². The first-order valence-electron chi connectivity index (χ1n) is 8.70. The first-order chi connectivity index (χ1) is 13.3. The number of rotatable bonds is 6. The van der Waals surface area contributed by atoms with Crippen molar-refractivity contribution in [2.45, 2.75) is 31.7 Å². The fourth-order valence-electron chi connectivity index (χ4n) is 2.91. The maximum absolute atomic E-state index is 12.6. The van der Waals surface area contributed by atoms with Gasteiger partial charge in [0.05, 0.1) is 6.04 Å². The maximum Gasteiger partial charge on any atom is 0.246 e. The van der Waals surface area contributed by atoms with Crippen LogP contribution in [0.2, 0.25) is 0 Å². The number of benzene rings is 2. The Morgan fingerprint density at radius 2 is 1.68 bits per heavy atom. The number of anilines is 1. The van der Waals surface area contributed by atoms with Crippen molar-refractivity contribution in [2.75, 3.05) is 5.32 Å². The van der Waals surface area contributed by atoms with Crippen LogP contribution < -0.4 is 10.0 Å². The van der Waals surface area contributed by atoms with Crippen LogP contribution in [-0.2, 0) is 14.8 Å². The number of carbonyl (C=O) groups is 1. The molecule has 0 spiro atoms. The number of nitrogens with zero attached hydrogens (tertiary/aromatic N) is 1. The van der Waals surface area contributed by atoms with Crippen LogP contribution >= 0.6 is 0 Å². The molecular weight excluding hydrogens is 378 g/mol. The molecule has 1 amide bonds. The van der Waals surface area contributed by atoms with Crippen molar-refractivity contribution in [3.8, 4) is 11.1 Å². The van der Waals surface area contributed by atoms with Crippen LogP contribution in [0.5, 0.6) is 0 Å². The lowest BCUT2D eigenvalue weighted by atomic mass is 10.0. The Kier molecular flexibility index (Phi) is 5.62. The lowest BCUT2D eigenvalue weighted by Crippen LogP contribution is -2.41. The number of hydrogen-bond acceptors (Lipinski definition) is 5. The van der Waals surface area contributed by atoms with Crippen LogP contribution in [0.15, 0.2) is 64.0 Å². The number of hydrogen-bond donors (Lipinski definition) is 2. The summed E-state index contributed by atoms with van der Waals surface area (Å²) in [5.74, 6) is -0.300. The van der Waals surface area contributed by atoms with Gasteiger partial charge in [0.1, 0.15) is 10.6 Å². The molecule has 146 valence electrons. The smallest absolute Gasteiger partial charge is 0.246 e. The molecule has 28 heavy (non-hydrogen) atoms. The summed E-state index contributed by atoms with van der Waals surface area (Å²) < 4.78 is 32.5. The van der Waals surface area contributed by atoms with Gasteiger partial charge in [-0.2, -0.15) is 4.72 Å². The van der Waals surface area contributed by atoms with E-state index in [1.165, 1.54) is 20.8 Å². The number of amides is 1. The highest BCUT2D eigenvalue weighted by atomic mass is 32.2. The van der Waals surface area contributed by atoms with Crippen molar-refractivity contribution < 1.29 is 17.7 Å². The molecule has 0 aliphatic rings. The average molecular weight is 399 g/mol. The van der Waals surface area contributed by atoms with E-state index in [9.17, 15) is 13.2 Å². The van der Waals surface area contributed by atoms with E-state index in [-0.39, 0.29) is 16.3 Å². The molecule has 3 rings (SSSR count). The first-order valence-corrected chi connectivity index (χ1v) is 10.2. The van der Waals surface area contributed by atoms with Gasteiger partial charge in [0, 0.05) is 11.3 Å². The van der Waals surface area contributed by atoms with Gasteiger partial charge in [0.15, 0.2) is 5.76 Å². The largest absolute Gasteiger partial charge is 0.360 e. The Hall–Kier alpha value is -2.97. The summed E-state index contributed by atoms with van der Waals surface area (Å²) in [4.78, 5) is 12.6. The molecule has 1 heterocycles. The van der Waals surface area contributed by atoms with Gasteiger partial charge >= 0.3 is 0 Å². The van der Waals surface area contributed by atoms with E-state index in [0.717, 1.165) is 11.1 Å². The van der Waals surface area contributed by atoms with Gasteiger partial charge in [0.25, 0.3) is 0 Å². The van der Waals surface area contributed by atoms with Gasteiger partial charge in [-0.05, 0) is 32.4 Å². The SMILES string of the molecule is Cc1noc(C)c1S(=O)(=O)N[C@@H](C)C(=O)Nc1ccccc1-c1ccccc1. The molecule has 1 atom stereocenters. The van der Waals surface area contributed by atoms with E-state index in [0.29, 0.717) is 5.69 Å². The molecule has 0 bridgehead atoms. The van der Waals surface area contributed by atoms with Gasteiger partial charge in [0.2, 0.25) is 15.9 Å². The quantitative estimate of drug-likeness (QED) is 0.662. The monoisotopic (exact) mass is 399 g/mol. The second-order valence-corrected chi connectivity index (χ2v) is 8.05. The Balaban J connectivity index is 1.79. The van der Waals surface area contributed by atoms with E-state index < -0.39 is 22.0 Å². The average Bonchev–Trinajstić information content (AvgIpc) is 3.01. The van der Waals surface area contributed by atoms with Crippen LogP contribution in [0.25, 0.3) is 11.1 Å². The molecule has 0 saturated heterocycles. The topological polar surface area (TPSA) is 101 Å². The molecule has 0 aliphatic heterocycles. The summed E-state index contributed by atoms with van der Waals surface area (Å²) in [7, 11) is -3.94. The molecule has 7 nitrogen and oxygen atoms in total. The summed E-state index contributed by atoms with van der Waals surface area (Å²) in [6.07, 6.45) is 0. The molecular formula is C20H21N3O4S. The predicted molar refractivity (Wildman–Crippen MR) is 106 cm³/mol. The Morgan fingerprint density at radius 1 is 1.04 bits per heavy atom. The molecule has 3 aromatic rings. The van der Waals surface area contributed by atoms with Gasteiger partial charge in [-0.1, -0.05) is 53.7 Å². The molecule has 0 unspecified atom stereocenters. The third-order valence-corrected chi connectivity index (χ3v) is 6.02. The van der Waals surface area contributed by atoms with E-state index in [1.807, 2.05) is 42.5 Å². The number of carbonyl (C=O) groups excluding carboxylic acids is 1. The fourth-order valence-corrected chi connectivity index (χ4v) is 4.44. The molecule has 1 aromatic heterocycles. The number of nitrogens with one attached hydrogen (secondary N) is 2. The molecule has 8 heteroatoms. The van der Waals surface area contributed by atoms with E-state index >= 15 is 0 Å². The van der Waals surface area contributed by atoms with Crippen molar-refractivity contribution in [1.29, 1.82) is 0 Å². The normalized spacial score (nSPS) is 12.5. The highest BCUT2D eigenvalue weighted by molar-refractivity contribution is 7.89. The van der Waals surface area contributed by atoms with E-state index in [1.54, 1.807) is 12.1 Å². The minimum Gasteiger partial charge on any atom is -0.360 e. The Morgan fingerprint density at radius 3 is 2.32 bits per heavy atom. The number of para-hydroxylation sites is 1. The maximum atomic E-state index is 12.6. The van der Waals surface area contributed by atoms with Crippen molar-refractivity contribution in [1.82, 2.24) is 9.88 Å². The van der Waals surface area contributed by atoms with Crippen molar-refractivity contribution in [2.24, 2.45) is 0 Å². The van der Waals surface area contributed by atoms with Crippen molar-refractivity contribution >= 4 is 21.6 Å². The third kappa shape index (κ3) is 4.13. The number of aromatic nitrogens is 1. The molecule has 0 aliphatic carbocycles. The summed E-state index contributed by atoms with van der Waals surface area (Å²) in [5, 5.41) is 6.45. The second-order valence-electron chi connectivity index (χ2n) is 6.40. The number of aryl methyl sites for hydroxylation is 2. The highest BCUT2D eigenvalue weighted by Gasteiger charge is 2.28. The summed E-state index contributed by atoms with van der Waals surface area (Å²) >= 11 is 0. The molecule has 2 N–H and O–H groups in total. The summed E-state index contributed by atoms with van der Waals surface area (Å²) in [6.45, 7) is 4.53. The van der Waals surface area contributed by atoms with Crippen molar-refractivity contribution in [3.05, 3.63) is 66.1 Å². The minimum absolute atomic E-state index is 0.0446. The van der Waals surface area contributed by atoms with E-state index in [2.05, 4.69) is 15.2 Å². The minimum atomic E-state index is -3.94. The van der Waals surface area contributed by atoms with Gasteiger partial charge in [-0.15, -0.1) is 0 Å². The third-order valence-electron chi connectivity index (χ3n) is 4.23. The second kappa shape index (κ2) is 7.95. The Bertz CT molecular complexity index is 1070. The van der Waals surface area contributed by atoms with Crippen LogP contribution in [-0.4, -0.2) is 25.5 Å². The highest BCUT2D eigenvalue weighted by Crippen LogP contribution is 2.27. The van der Waals surface area contributed by atoms with Crippen LogP contribution in [0, 0.1) is 13.8 Å². The van der Waals surface area contributed by atoms with Crippen molar-refractivity contribution in [3.63, 3.8) is 0 Å². The lowest BCUT2D eigenvalue weighted by molar-refractivity contribution is -0.117. The summed E-state index contributed by atoms with van der Waals surface area (Å²) in [5.41, 5.74) is 2.63. The Labute approximate surface area is 163 Å². The zero-order chi connectivity index (χ0) is 20.3. The zero-order valence-electron chi connectivity index (χ0n) is 15.8. The molecule has 0 radical (unpaired) electrons. The van der Waals surface area contributed by atoms with Crippen LogP contribution in [0.4, 0.5) is 5.69 Å². The molecule has 2 aromatic carbocycles. The lowest BCUT2D eigenvalue weighted by Gasteiger charge is -2.16. The number of sulfonamides is 1. The predicted octanol–water partition coefficient (Wildman–Crippen LogP) is 3.26. The molecule has 0 fully saturated rings. The summed E-state index contributed by atoms with van der Waals surface area (Å²) in [6, 6.07) is 16.0. The van der Waals surface area contributed by atoms with Gasteiger partial charge < -0.3 is 9.84 Å². The zero-order valence-corrected chi connectivity index (χ0v) is 16.6. The fraction of sp³-hybridized carbons (Fsp3) is 0.200. The van der Waals surface area contributed by atoms with Gasteiger partial charge in [-0.3, -0.25) is 4.79 Å². The van der Waals surface area contributed by atoms with E-state index in [4.69, 9.17) is 4.52 Å². The van der Waals surface area contributed by atoms with Gasteiger partial charge in [-0.25, -0.2) is 8.42 Å². The molecule has 0 saturated carbocycles. The standard InChI is InChI=1S/C20H21N3O4S/c1-13-19(15(3)27-22-13)28(25,26)23-14(2)20(24)21-18-12-8-7-11-17(18)16-9-5-4-6-10-16/h4-12,14,23H,1-3H3,(H,21,24)/t14-/m0/s1. The van der Waals surface area contributed by atoms with Crippen LogP contribution in [0.1, 0.15) is 18.4 Å². The first kappa shape index (κ1) is 19.8.